The maximum absolute atomic E-state index is 13.0. The van der Waals surface area contributed by atoms with Crippen molar-refractivity contribution in [3.63, 3.8) is 0 Å². The second kappa shape index (κ2) is 7.80. The number of anilines is 2. The summed E-state index contributed by atoms with van der Waals surface area (Å²) in [6.45, 7) is 5.20. The van der Waals surface area contributed by atoms with Crippen molar-refractivity contribution in [2.75, 3.05) is 42.5 Å². The minimum Gasteiger partial charge on any atom is -0.353 e. The zero-order valence-electron chi connectivity index (χ0n) is 15.8. The van der Waals surface area contributed by atoms with Crippen molar-refractivity contribution in [2.24, 2.45) is 5.92 Å². The van der Waals surface area contributed by atoms with Gasteiger partial charge in [-0.3, -0.25) is 9.59 Å². The standard InChI is InChI=1S/C21H23ClN4O2/c1-15-2-5-18(6-3-15)26-14-16(12-20(26)27)21(28)25-10-8-24(9-11-25)19-7-4-17(22)13-23-19/h2-7,13,16H,8-12,14H2,1H3. The summed E-state index contributed by atoms with van der Waals surface area (Å²) in [5.41, 5.74) is 2.01. The molecule has 0 radical (unpaired) electrons. The first kappa shape index (κ1) is 18.7. The molecule has 0 spiro atoms. The van der Waals surface area contributed by atoms with Crippen LogP contribution in [-0.2, 0) is 9.59 Å². The normalized spacial score (nSPS) is 20.0. The summed E-state index contributed by atoms with van der Waals surface area (Å²) in [7, 11) is 0. The van der Waals surface area contributed by atoms with Gasteiger partial charge in [0, 0.05) is 51.0 Å². The summed E-state index contributed by atoms with van der Waals surface area (Å²) < 4.78 is 0. The number of hydrogen-bond donors (Lipinski definition) is 0. The van der Waals surface area contributed by atoms with Crippen LogP contribution < -0.4 is 9.80 Å². The molecule has 1 aromatic heterocycles. The molecule has 0 saturated carbocycles. The summed E-state index contributed by atoms with van der Waals surface area (Å²) in [6.07, 6.45) is 1.92. The van der Waals surface area contributed by atoms with Crippen molar-refractivity contribution in [1.29, 1.82) is 0 Å². The number of hydrogen-bond acceptors (Lipinski definition) is 4. The average molecular weight is 399 g/mol. The van der Waals surface area contributed by atoms with E-state index in [-0.39, 0.29) is 24.2 Å². The van der Waals surface area contributed by atoms with Crippen molar-refractivity contribution in [1.82, 2.24) is 9.88 Å². The van der Waals surface area contributed by atoms with Crippen LogP contribution in [0.2, 0.25) is 5.02 Å². The third-order valence-corrected chi connectivity index (χ3v) is 5.67. The second-order valence-corrected chi connectivity index (χ2v) is 7.82. The van der Waals surface area contributed by atoms with E-state index in [1.165, 1.54) is 0 Å². The topological polar surface area (TPSA) is 56.8 Å². The Morgan fingerprint density at radius 2 is 1.79 bits per heavy atom. The molecule has 1 atom stereocenters. The quantitative estimate of drug-likeness (QED) is 0.797. The van der Waals surface area contributed by atoms with Crippen molar-refractivity contribution in [3.05, 3.63) is 53.2 Å². The lowest BCUT2D eigenvalue weighted by molar-refractivity contribution is -0.136. The van der Waals surface area contributed by atoms with Crippen LogP contribution in [0.4, 0.5) is 11.5 Å². The molecule has 2 aliphatic rings. The highest BCUT2D eigenvalue weighted by Crippen LogP contribution is 2.27. The summed E-state index contributed by atoms with van der Waals surface area (Å²) in [4.78, 5) is 35.5. The van der Waals surface area contributed by atoms with E-state index in [2.05, 4.69) is 9.88 Å². The Morgan fingerprint density at radius 1 is 1.07 bits per heavy atom. The van der Waals surface area contributed by atoms with Gasteiger partial charge in [0.2, 0.25) is 11.8 Å². The van der Waals surface area contributed by atoms with E-state index in [0.717, 1.165) is 30.2 Å². The Balaban J connectivity index is 1.36. The molecule has 146 valence electrons. The van der Waals surface area contributed by atoms with Crippen LogP contribution in [0, 0.1) is 12.8 Å². The van der Waals surface area contributed by atoms with Crippen molar-refractivity contribution in [2.45, 2.75) is 13.3 Å². The first-order valence-electron chi connectivity index (χ1n) is 9.53. The Hall–Kier alpha value is -2.60. The molecule has 2 fully saturated rings. The Morgan fingerprint density at radius 3 is 2.43 bits per heavy atom. The number of carbonyl (C=O) groups is 2. The van der Waals surface area contributed by atoms with Gasteiger partial charge in [-0.1, -0.05) is 29.3 Å². The zero-order chi connectivity index (χ0) is 19.7. The van der Waals surface area contributed by atoms with Gasteiger partial charge in [0.1, 0.15) is 5.82 Å². The SMILES string of the molecule is Cc1ccc(N2CC(C(=O)N3CCN(c4ccc(Cl)cn4)CC3)CC2=O)cc1. The number of piperazine rings is 1. The Bertz CT molecular complexity index is 861. The van der Waals surface area contributed by atoms with Gasteiger partial charge in [0.15, 0.2) is 0 Å². The van der Waals surface area contributed by atoms with E-state index in [1.54, 1.807) is 11.1 Å². The molecule has 4 rings (SSSR count). The first-order valence-corrected chi connectivity index (χ1v) is 9.91. The van der Waals surface area contributed by atoms with Gasteiger partial charge in [0.25, 0.3) is 0 Å². The third kappa shape index (κ3) is 3.83. The maximum Gasteiger partial charge on any atom is 0.228 e. The van der Waals surface area contributed by atoms with Gasteiger partial charge in [0.05, 0.1) is 10.9 Å². The lowest BCUT2D eigenvalue weighted by Crippen LogP contribution is -2.51. The molecule has 1 unspecified atom stereocenters. The van der Waals surface area contributed by atoms with Gasteiger partial charge < -0.3 is 14.7 Å². The molecule has 2 aliphatic heterocycles. The number of halogens is 1. The molecular formula is C21H23ClN4O2. The third-order valence-electron chi connectivity index (χ3n) is 5.45. The van der Waals surface area contributed by atoms with E-state index in [1.807, 2.05) is 48.2 Å². The molecule has 1 aromatic carbocycles. The van der Waals surface area contributed by atoms with E-state index < -0.39 is 0 Å². The largest absolute Gasteiger partial charge is 0.353 e. The van der Waals surface area contributed by atoms with Gasteiger partial charge in [-0.25, -0.2) is 4.98 Å². The van der Waals surface area contributed by atoms with E-state index in [0.29, 0.717) is 24.7 Å². The summed E-state index contributed by atoms with van der Waals surface area (Å²) >= 11 is 5.90. The van der Waals surface area contributed by atoms with Crippen LogP contribution in [0.1, 0.15) is 12.0 Å². The molecule has 0 N–H and O–H groups in total. The fourth-order valence-electron chi connectivity index (χ4n) is 3.82. The highest BCUT2D eigenvalue weighted by Gasteiger charge is 2.38. The number of aromatic nitrogens is 1. The Kier molecular flexibility index (Phi) is 5.22. The van der Waals surface area contributed by atoms with Gasteiger partial charge >= 0.3 is 0 Å². The number of carbonyl (C=O) groups excluding carboxylic acids is 2. The molecular weight excluding hydrogens is 376 g/mol. The van der Waals surface area contributed by atoms with Crippen molar-refractivity contribution < 1.29 is 9.59 Å². The number of benzene rings is 1. The molecule has 3 heterocycles. The van der Waals surface area contributed by atoms with Crippen LogP contribution in [0.5, 0.6) is 0 Å². The highest BCUT2D eigenvalue weighted by molar-refractivity contribution is 6.30. The fourth-order valence-corrected chi connectivity index (χ4v) is 3.93. The van der Waals surface area contributed by atoms with Crippen molar-refractivity contribution in [3.8, 4) is 0 Å². The molecule has 2 saturated heterocycles. The van der Waals surface area contributed by atoms with Gasteiger partial charge in [-0.2, -0.15) is 0 Å². The van der Waals surface area contributed by atoms with Crippen LogP contribution >= 0.6 is 11.6 Å². The number of pyridine rings is 1. The molecule has 2 aromatic rings. The average Bonchev–Trinajstić information content (AvgIpc) is 3.10. The van der Waals surface area contributed by atoms with Gasteiger partial charge in [-0.05, 0) is 31.2 Å². The lowest BCUT2D eigenvalue weighted by Gasteiger charge is -2.36. The molecule has 0 bridgehead atoms. The fraction of sp³-hybridized carbons (Fsp3) is 0.381. The number of amides is 2. The molecule has 28 heavy (non-hydrogen) atoms. The first-order chi connectivity index (χ1) is 13.5. The minimum atomic E-state index is -0.269. The predicted molar refractivity (Wildman–Crippen MR) is 110 cm³/mol. The Labute approximate surface area is 169 Å². The predicted octanol–water partition coefficient (Wildman–Crippen LogP) is 2.75. The van der Waals surface area contributed by atoms with Crippen LogP contribution in [0.25, 0.3) is 0 Å². The van der Waals surface area contributed by atoms with E-state index in [4.69, 9.17) is 11.6 Å². The van der Waals surface area contributed by atoms with Crippen LogP contribution in [-0.4, -0.2) is 54.4 Å². The van der Waals surface area contributed by atoms with Crippen LogP contribution in [0.3, 0.4) is 0 Å². The van der Waals surface area contributed by atoms with Crippen molar-refractivity contribution >= 4 is 34.9 Å². The van der Waals surface area contributed by atoms with E-state index in [9.17, 15) is 9.59 Å². The monoisotopic (exact) mass is 398 g/mol. The summed E-state index contributed by atoms with van der Waals surface area (Å²) in [6, 6.07) is 11.6. The molecule has 7 heteroatoms. The molecule has 6 nitrogen and oxygen atoms in total. The smallest absolute Gasteiger partial charge is 0.228 e. The van der Waals surface area contributed by atoms with E-state index >= 15 is 0 Å². The minimum absolute atomic E-state index is 0.0196. The second-order valence-electron chi connectivity index (χ2n) is 7.39. The van der Waals surface area contributed by atoms with Crippen LogP contribution in [0.15, 0.2) is 42.6 Å². The summed E-state index contributed by atoms with van der Waals surface area (Å²) in [5.74, 6) is 0.699. The number of rotatable bonds is 3. The number of aryl methyl sites for hydroxylation is 1. The molecule has 2 amide bonds. The summed E-state index contributed by atoms with van der Waals surface area (Å²) in [5, 5.41) is 0.613. The lowest BCUT2D eigenvalue weighted by atomic mass is 10.1. The maximum atomic E-state index is 13.0. The van der Waals surface area contributed by atoms with Gasteiger partial charge in [-0.15, -0.1) is 0 Å². The number of nitrogens with zero attached hydrogens (tertiary/aromatic N) is 4. The molecule has 0 aliphatic carbocycles. The highest BCUT2D eigenvalue weighted by atomic mass is 35.5. The zero-order valence-corrected chi connectivity index (χ0v) is 16.6.